The van der Waals surface area contributed by atoms with Gasteiger partial charge in [0.15, 0.2) is 0 Å². The van der Waals surface area contributed by atoms with Crippen molar-refractivity contribution in [2.24, 2.45) is 0 Å². The highest BCUT2D eigenvalue weighted by Gasteiger charge is 2.09. The van der Waals surface area contributed by atoms with Crippen molar-refractivity contribution in [1.29, 1.82) is 0 Å². The molecule has 0 atom stereocenters. The molecule has 2 amide bonds. The first-order valence-corrected chi connectivity index (χ1v) is 8.51. The van der Waals surface area contributed by atoms with Crippen molar-refractivity contribution in [3.8, 4) is 0 Å². The molecule has 2 N–H and O–H groups in total. The summed E-state index contributed by atoms with van der Waals surface area (Å²) in [6.45, 7) is 3.76. The van der Waals surface area contributed by atoms with E-state index < -0.39 is 0 Å². The molecule has 2 aromatic rings. The fourth-order valence-corrected chi connectivity index (χ4v) is 2.29. The third-order valence-electron chi connectivity index (χ3n) is 3.44. The van der Waals surface area contributed by atoms with E-state index in [2.05, 4.69) is 10.6 Å². The van der Waals surface area contributed by atoms with Crippen LogP contribution < -0.4 is 10.6 Å². The molecule has 5 nitrogen and oxygen atoms in total. The summed E-state index contributed by atoms with van der Waals surface area (Å²) in [5.74, 6) is -0.440. The van der Waals surface area contributed by atoms with Gasteiger partial charge < -0.3 is 15.4 Å². The third-order valence-corrected chi connectivity index (χ3v) is 3.70. The van der Waals surface area contributed by atoms with Gasteiger partial charge in [-0.15, -0.1) is 0 Å². The SMILES string of the molecule is CCOCCCNC(=O)c1cccc(NC(=O)c2ccc(Cl)cc2)c1. The van der Waals surface area contributed by atoms with Crippen molar-refractivity contribution in [2.75, 3.05) is 25.1 Å². The summed E-state index contributed by atoms with van der Waals surface area (Å²) in [7, 11) is 0. The molecule has 0 bridgehead atoms. The average molecular weight is 361 g/mol. The Morgan fingerprint density at radius 2 is 1.80 bits per heavy atom. The first kappa shape index (κ1) is 19.0. The van der Waals surface area contributed by atoms with Crippen LogP contribution in [0.15, 0.2) is 48.5 Å². The number of hydrogen-bond acceptors (Lipinski definition) is 3. The van der Waals surface area contributed by atoms with Gasteiger partial charge in [0.25, 0.3) is 11.8 Å². The van der Waals surface area contributed by atoms with E-state index in [1.807, 2.05) is 6.92 Å². The second kappa shape index (κ2) is 9.81. The second-order valence-corrected chi connectivity index (χ2v) is 5.78. The quantitative estimate of drug-likeness (QED) is 0.704. The van der Waals surface area contributed by atoms with Gasteiger partial charge in [-0.1, -0.05) is 17.7 Å². The fourth-order valence-electron chi connectivity index (χ4n) is 2.17. The highest BCUT2D eigenvalue weighted by Crippen LogP contribution is 2.14. The van der Waals surface area contributed by atoms with Gasteiger partial charge in [-0.25, -0.2) is 0 Å². The fraction of sp³-hybridized carbons (Fsp3) is 0.263. The lowest BCUT2D eigenvalue weighted by molar-refractivity contribution is 0.0943. The Hall–Kier alpha value is -2.37. The monoisotopic (exact) mass is 360 g/mol. The van der Waals surface area contributed by atoms with Crippen LogP contribution in [0.3, 0.4) is 0 Å². The van der Waals surface area contributed by atoms with Crippen LogP contribution in [0.4, 0.5) is 5.69 Å². The number of carbonyl (C=O) groups is 2. The maximum atomic E-state index is 12.2. The van der Waals surface area contributed by atoms with Gasteiger partial charge in [0, 0.05) is 41.6 Å². The minimum Gasteiger partial charge on any atom is -0.382 e. The number of anilines is 1. The summed E-state index contributed by atoms with van der Waals surface area (Å²) in [5.41, 5.74) is 1.54. The average Bonchev–Trinajstić information content (AvgIpc) is 2.62. The third kappa shape index (κ3) is 6.21. The van der Waals surface area contributed by atoms with E-state index in [1.165, 1.54) is 0 Å². The van der Waals surface area contributed by atoms with Gasteiger partial charge in [-0.3, -0.25) is 9.59 Å². The summed E-state index contributed by atoms with van der Waals surface area (Å²) in [4.78, 5) is 24.4. The van der Waals surface area contributed by atoms with E-state index in [-0.39, 0.29) is 11.8 Å². The Morgan fingerprint density at radius 3 is 2.52 bits per heavy atom. The maximum absolute atomic E-state index is 12.2. The summed E-state index contributed by atoms with van der Waals surface area (Å²) < 4.78 is 5.23. The molecule has 6 heteroatoms. The van der Waals surface area contributed by atoms with E-state index in [0.717, 1.165) is 6.42 Å². The van der Waals surface area contributed by atoms with Gasteiger partial charge in [0.2, 0.25) is 0 Å². The van der Waals surface area contributed by atoms with Crippen molar-refractivity contribution in [1.82, 2.24) is 5.32 Å². The second-order valence-electron chi connectivity index (χ2n) is 5.35. The van der Waals surface area contributed by atoms with Gasteiger partial charge in [0.1, 0.15) is 0 Å². The Labute approximate surface area is 152 Å². The van der Waals surface area contributed by atoms with Crippen LogP contribution in [0.2, 0.25) is 5.02 Å². The smallest absolute Gasteiger partial charge is 0.255 e. The predicted molar refractivity (Wildman–Crippen MR) is 99.3 cm³/mol. The molecule has 0 spiro atoms. The molecule has 0 aliphatic rings. The Bertz CT molecular complexity index is 717. The molecular formula is C19H21ClN2O3. The van der Waals surface area contributed by atoms with Gasteiger partial charge in [0.05, 0.1) is 0 Å². The zero-order chi connectivity index (χ0) is 18.1. The molecule has 132 valence electrons. The molecule has 0 aliphatic heterocycles. The zero-order valence-electron chi connectivity index (χ0n) is 14.0. The zero-order valence-corrected chi connectivity index (χ0v) is 14.8. The number of benzene rings is 2. The first-order valence-electron chi connectivity index (χ1n) is 8.13. The number of ether oxygens (including phenoxy) is 1. The highest BCUT2D eigenvalue weighted by molar-refractivity contribution is 6.30. The largest absolute Gasteiger partial charge is 0.382 e. The van der Waals surface area contributed by atoms with Crippen molar-refractivity contribution in [3.05, 3.63) is 64.7 Å². The van der Waals surface area contributed by atoms with E-state index in [1.54, 1.807) is 48.5 Å². The summed E-state index contributed by atoms with van der Waals surface area (Å²) in [6, 6.07) is 13.4. The molecule has 0 heterocycles. The molecule has 0 aromatic heterocycles. The lowest BCUT2D eigenvalue weighted by atomic mass is 10.1. The number of halogens is 1. The Kier molecular flexibility index (Phi) is 7.44. The van der Waals surface area contributed by atoms with Crippen LogP contribution in [-0.2, 0) is 4.74 Å². The molecule has 2 rings (SSSR count). The number of rotatable bonds is 8. The first-order chi connectivity index (χ1) is 12.1. The Morgan fingerprint density at radius 1 is 1.04 bits per heavy atom. The van der Waals surface area contributed by atoms with Gasteiger partial charge in [-0.2, -0.15) is 0 Å². The van der Waals surface area contributed by atoms with Crippen molar-refractivity contribution in [3.63, 3.8) is 0 Å². The lowest BCUT2D eigenvalue weighted by Gasteiger charge is -2.09. The Balaban J connectivity index is 1.92. The van der Waals surface area contributed by atoms with Crippen LogP contribution in [0.5, 0.6) is 0 Å². The van der Waals surface area contributed by atoms with Gasteiger partial charge >= 0.3 is 0 Å². The predicted octanol–water partition coefficient (Wildman–Crippen LogP) is 3.75. The normalized spacial score (nSPS) is 10.3. The number of nitrogens with one attached hydrogen (secondary N) is 2. The molecule has 2 aromatic carbocycles. The summed E-state index contributed by atoms with van der Waals surface area (Å²) in [6.07, 6.45) is 0.757. The van der Waals surface area contributed by atoms with E-state index >= 15 is 0 Å². The van der Waals surface area contributed by atoms with Crippen LogP contribution in [0.25, 0.3) is 0 Å². The highest BCUT2D eigenvalue weighted by atomic mass is 35.5. The van der Waals surface area contributed by atoms with Crippen LogP contribution >= 0.6 is 11.6 Å². The summed E-state index contributed by atoms with van der Waals surface area (Å²) >= 11 is 5.82. The van der Waals surface area contributed by atoms with Crippen LogP contribution in [0.1, 0.15) is 34.1 Å². The van der Waals surface area contributed by atoms with Crippen molar-refractivity contribution < 1.29 is 14.3 Å². The van der Waals surface area contributed by atoms with E-state index in [4.69, 9.17) is 16.3 Å². The van der Waals surface area contributed by atoms with Gasteiger partial charge in [-0.05, 0) is 55.8 Å². The maximum Gasteiger partial charge on any atom is 0.255 e. The minimum absolute atomic E-state index is 0.181. The van der Waals surface area contributed by atoms with Crippen molar-refractivity contribution in [2.45, 2.75) is 13.3 Å². The standard InChI is InChI=1S/C19H21ClN2O3/c1-2-25-12-4-11-21-18(23)15-5-3-6-17(13-15)22-19(24)14-7-9-16(20)10-8-14/h3,5-10,13H,2,4,11-12H2,1H3,(H,21,23)(H,22,24). The van der Waals surface area contributed by atoms with E-state index in [0.29, 0.717) is 41.6 Å². The molecule has 25 heavy (non-hydrogen) atoms. The van der Waals surface area contributed by atoms with Crippen LogP contribution in [-0.4, -0.2) is 31.6 Å². The molecule has 0 saturated carbocycles. The minimum atomic E-state index is -0.258. The molecule has 0 radical (unpaired) electrons. The van der Waals surface area contributed by atoms with Crippen molar-refractivity contribution >= 4 is 29.1 Å². The van der Waals surface area contributed by atoms with E-state index in [9.17, 15) is 9.59 Å². The molecule has 0 fully saturated rings. The van der Waals surface area contributed by atoms with Crippen LogP contribution in [0, 0.1) is 0 Å². The lowest BCUT2D eigenvalue weighted by Crippen LogP contribution is -2.25. The number of hydrogen-bond donors (Lipinski definition) is 2. The summed E-state index contributed by atoms with van der Waals surface area (Å²) in [5, 5.41) is 6.17. The molecule has 0 aliphatic carbocycles. The number of carbonyl (C=O) groups excluding carboxylic acids is 2. The topological polar surface area (TPSA) is 67.4 Å². The molecule has 0 unspecified atom stereocenters. The number of amides is 2. The molecule has 0 saturated heterocycles. The molecular weight excluding hydrogens is 340 g/mol.